The van der Waals surface area contributed by atoms with E-state index in [1.807, 2.05) is 4.90 Å². The molecule has 3 aliphatic rings. The number of amides is 2. The highest BCUT2D eigenvalue weighted by molar-refractivity contribution is 5.96. The van der Waals surface area contributed by atoms with Crippen molar-refractivity contribution in [1.82, 2.24) is 9.80 Å². The number of nitrogens with zero attached hydrogens (tertiary/aromatic N) is 2. The number of fused-ring (bicyclic) bond motifs is 1. The molecular weight excluding hydrogens is 320 g/mol. The SMILES string of the molecule is CC1CCCC(C)N1C(=O)C1CN(C(=O)c2ccc3c(c2)OCO3)C1. The van der Waals surface area contributed by atoms with E-state index in [9.17, 15) is 9.59 Å². The fourth-order valence-electron chi connectivity index (χ4n) is 4.08. The zero-order valence-corrected chi connectivity index (χ0v) is 14.7. The van der Waals surface area contributed by atoms with Gasteiger partial charge in [-0.05, 0) is 51.3 Å². The van der Waals surface area contributed by atoms with Crippen LogP contribution in [-0.4, -0.2) is 53.6 Å². The summed E-state index contributed by atoms with van der Waals surface area (Å²) in [6.07, 6.45) is 3.33. The van der Waals surface area contributed by atoms with E-state index in [4.69, 9.17) is 9.47 Å². The van der Waals surface area contributed by atoms with Crippen molar-refractivity contribution in [3.8, 4) is 11.5 Å². The van der Waals surface area contributed by atoms with Crippen LogP contribution in [0.4, 0.5) is 0 Å². The normalized spacial score (nSPS) is 25.7. The van der Waals surface area contributed by atoms with Crippen LogP contribution in [-0.2, 0) is 4.79 Å². The Morgan fingerprint density at radius 2 is 1.72 bits per heavy atom. The molecule has 3 heterocycles. The molecule has 134 valence electrons. The predicted molar refractivity (Wildman–Crippen MR) is 91.6 cm³/mol. The third kappa shape index (κ3) is 2.83. The number of carbonyl (C=O) groups excluding carboxylic acids is 2. The second-order valence-corrected chi connectivity index (χ2v) is 7.35. The minimum Gasteiger partial charge on any atom is -0.454 e. The van der Waals surface area contributed by atoms with Crippen LogP contribution in [0.15, 0.2) is 18.2 Å². The molecule has 0 N–H and O–H groups in total. The Morgan fingerprint density at radius 1 is 1.04 bits per heavy atom. The molecule has 4 rings (SSSR count). The molecule has 0 radical (unpaired) electrons. The summed E-state index contributed by atoms with van der Waals surface area (Å²) < 4.78 is 10.6. The lowest BCUT2D eigenvalue weighted by molar-refractivity contribution is -0.146. The maximum Gasteiger partial charge on any atom is 0.254 e. The van der Waals surface area contributed by atoms with E-state index in [0.29, 0.717) is 42.2 Å². The van der Waals surface area contributed by atoms with Crippen molar-refractivity contribution in [2.24, 2.45) is 5.92 Å². The summed E-state index contributed by atoms with van der Waals surface area (Å²) in [5.74, 6) is 1.36. The Kier molecular flexibility index (Phi) is 4.06. The number of hydrogen-bond acceptors (Lipinski definition) is 4. The van der Waals surface area contributed by atoms with Gasteiger partial charge in [-0.15, -0.1) is 0 Å². The molecule has 0 spiro atoms. The lowest BCUT2D eigenvalue weighted by Gasteiger charge is -2.45. The summed E-state index contributed by atoms with van der Waals surface area (Å²) in [6, 6.07) is 5.83. The number of likely N-dealkylation sites (tertiary alicyclic amines) is 2. The van der Waals surface area contributed by atoms with Crippen molar-refractivity contribution < 1.29 is 19.1 Å². The average molecular weight is 344 g/mol. The number of hydrogen-bond donors (Lipinski definition) is 0. The molecule has 0 bridgehead atoms. The third-order valence-corrected chi connectivity index (χ3v) is 5.59. The largest absolute Gasteiger partial charge is 0.454 e. The quantitative estimate of drug-likeness (QED) is 0.826. The van der Waals surface area contributed by atoms with E-state index in [-0.39, 0.29) is 24.5 Å². The summed E-state index contributed by atoms with van der Waals surface area (Å²) in [4.78, 5) is 29.2. The van der Waals surface area contributed by atoms with Crippen molar-refractivity contribution in [3.05, 3.63) is 23.8 Å². The van der Waals surface area contributed by atoms with Crippen LogP contribution < -0.4 is 9.47 Å². The molecule has 2 saturated heterocycles. The molecular formula is C19H24N2O4. The first-order chi connectivity index (χ1) is 12.0. The molecule has 0 saturated carbocycles. The number of ether oxygens (including phenoxy) is 2. The molecule has 2 fully saturated rings. The van der Waals surface area contributed by atoms with Crippen LogP contribution >= 0.6 is 0 Å². The van der Waals surface area contributed by atoms with Gasteiger partial charge in [0.05, 0.1) is 5.92 Å². The van der Waals surface area contributed by atoms with Gasteiger partial charge in [0, 0.05) is 30.7 Å². The highest BCUT2D eigenvalue weighted by Crippen LogP contribution is 2.34. The minimum atomic E-state index is -0.0686. The van der Waals surface area contributed by atoms with Gasteiger partial charge in [0.25, 0.3) is 5.91 Å². The molecule has 2 atom stereocenters. The smallest absolute Gasteiger partial charge is 0.254 e. The Labute approximate surface area is 147 Å². The Morgan fingerprint density at radius 3 is 2.44 bits per heavy atom. The topological polar surface area (TPSA) is 59.1 Å². The van der Waals surface area contributed by atoms with Gasteiger partial charge in [-0.3, -0.25) is 9.59 Å². The second kappa shape index (κ2) is 6.24. The Bertz CT molecular complexity index is 689. The molecule has 2 unspecified atom stereocenters. The molecule has 1 aromatic rings. The van der Waals surface area contributed by atoms with Gasteiger partial charge in [-0.2, -0.15) is 0 Å². The maximum absolute atomic E-state index is 12.8. The molecule has 2 amide bonds. The fourth-order valence-corrected chi connectivity index (χ4v) is 4.08. The first-order valence-corrected chi connectivity index (χ1v) is 9.05. The zero-order chi connectivity index (χ0) is 17.6. The number of carbonyl (C=O) groups is 2. The minimum absolute atomic E-state index is 0.0536. The fraction of sp³-hybridized carbons (Fsp3) is 0.579. The van der Waals surface area contributed by atoms with Crippen LogP contribution in [0, 0.1) is 5.92 Å². The van der Waals surface area contributed by atoms with E-state index >= 15 is 0 Å². The van der Waals surface area contributed by atoms with Crippen molar-refractivity contribution in [3.63, 3.8) is 0 Å². The summed E-state index contributed by atoms with van der Waals surface area (Å²) >= 11 is 0. The van der Waals surface area contributed by atoms with E-state index in [0.717, 1.165) is 12.8 Å². The van der Waals surface area contributed by atoms with Crippen molar-refractivity contribution in [2.45, 2.75) is 45.2 Å². The highest BCUT2D eigenvalue weighted by Gasteiger charge is 2.41. The van der Waals surface area contributed by atoms with Crippen molar-refractivity contribution in [2.75, 3.05) is 19.9 Å². The molecule has 6 nitrogen and oxygen atoms in total. The summed E-state index contributed by atoms with van der Waals surface area (Å²) in [5, 5.41) is 0. The van der Waals surface area contributed by atoms with Crippen molar-refractivity contribution in [1.29, 1.82) is 0 Å². The van der Waals surface area contributed by atoms with E-state index in [2.05, 4.69) is 13.8 Å². The van der Waals surface area contributed by atoms with Gasteiger partial charge in [0.1, 0.15) is 0 Å². The first kappa shape index (κ1) is 16.2. The van der Waals surface area contributed by atoms with Gasteiger partial charge in [0.2, 0.25) is 12.7 Å². The predicted octanol–water partition coefficient (Wildman–Crippen LogP) is 2.28. The maximum atomic E-state index is 12.8. The first-order valence-electron chi connectivity index (χ1n) is 9.05. The molecule has 1 aromatic carbocycles. The van der Waals surface area contributed by atoms with Crippen LogP contribution in [0.3, 0.4) is 0 Å². The van der Waals surface area contributed by atoms with Crippen LogP contribution in [0.2, 0.25) is 0 Å². The highest BCUT2D eigenvalue weighted by atomic mass is 16.7. The van der Waals surface area contributed by atoms with E-state index in [1.165, 1.54) is 6.42 Å². The number of piperidine rings is 1. The van der Waals surface area contributed by atoms with Gasteiger partial charge >= 0.3 is 0 Å². The lowest BCUT2D eigenvalue weighted by Crippen LogP contribution is -2.59. The molecule has 3 aliphatic heterocycles. The van der Waals surface area contributed by atoms with Crippen LogP contribution in [0.1, 0.15) is 43.5 Å². The molecule has 6 heteroatoms. The van der Waals surface area contributed by atoms with Gasteiger partial charge in [-0.1, -0.05) is 0 Å². The Balaban J connectivity index is 1.38. The summed E-state index contributed by atoms with van der Waals surface area (Å²) in [6.45, 7) is 5.45. The van der Waals surface area contributed by atoms with Gasteiger partial charge < -0.3 is 19.3 Å². The molecule has 25 heavy (non-hydrogen) atoms. The van der Waals surface area contributed by atoms with Crippen molar-refractivity contribution >= 4 is 11.8 Å². The monoisotopic (exact) mass is 344 g/mol. The van der Waals surface area contributed by atoms with Gasteiger partial charge in [0.15, 0.2) is 11.5 Å². The lowest BCUT2D eigenvalue weighted by atomic mass is 9.91. The third-order valence-electron chi connectivity index (χ3n) is 5.59. The Hall–Kier alpha value is -2.24. The van der Waals surface area contributed by atoms with E-state index < -0.39 is 0 Å². The molecule has 0 aromatic heterocycles. The summed E-state index contributed by atoms with van der Waals surface area (Å²) in [7, 11) is 0. The van der Waals surface area contributed by atoms with Crippen LogP contribution in [0.25, 0.3) is 0 Å². The van der Waals surface area contributed by atoms with Gasteiger partial charge in [-0.25, -0.2) is 0 Å². The summed E-state index contributed by atoms with van der Waals surface area (Å²) in [5.41, 5.74) is 0.579. The van der Waals surface area contributed by atoms with Crippen LogP contribution in [0.5, 0.6) is 11.5 Å². The average Bonchev–Trinajstić information content (AvgIpc) is 3.00. The number of benzene rings is 1. The standard InChI is InChI=1S/C19H24N2O4/c1-12-4-3-5-13(2)21(12)19(23)15-9-20(10-15)18(22)14-6-7-16-17(8-14)25-11-24-16/h6-8,12-13,15H,3-5,9-11H2,1-2H3. The second-order valence-electron chi connectivity index (χ2n) is 7.35. The number of rotatable bonds is 2. The zero-order valence-electron chi connectivity index (χ0n) is 14.7. The molecule has 0 aliphatic carbocycles. The van der Waals surface area contributed by atoms with E-state index in [1.54, 1.807) is 23.1 Å².